The molecular formula is C35H42F2N4O8S. The van der Waals surface area contributed by atoms with E-state index < -0.39 is 76.0 Å². The van der Waals surface area contributed by atoms with Gasteiger partial charge in [-0.05, 0) is 43.5 Å². The van der Waals surface area contributed by atoms with Crippen molar-refractivity contribution < 1.29 is 46.2 Å². The molecule has 0 aromatic heterocycles. The van der Waals surface area contributed by atoms with E-state index >= 15 is 0 Å². The molecule has 0 radical (unpaired) electrons. The number of ether oxygens (including phenoxy) is 2. The van der Waals surface area contributed by atoms with Crippen LogP contribution in [-0.2, 0) is 19.4 Å². The van der Waals surface area contributed by atoms with E-state index in [4.69, 9.17) is 9.47 Å². The summed E-state index contributed by atoms with van der Waals surface area (Å²) in [5.74, 6) is -4.21. The molecule has 4 N–H and O–H groups in total. The number of hydrogen-bond donors (Lipinski definition) is 4. The number of nitrogens with one attached hydrogen (secondary N) is 3. The van der Waals surface area contributed by atoms with Crippen molar-refractivity contribution in [1.82, 2.24) is 16.0 Å². The molecule has 1 aliphatic rings. The van der Waals surface area contributed by atoms with Crippen molar-refractivity contribution in [2.75, 3.05) is 37.8 Å². The summed E-state index contributed by atoms with van der Waals surface area (Å²) in [4.78, 5) is 41.4. The first kappa shape index (κ1) is 38.2. The summed E-state index contributed by atoms with van der Waals surface area (Å²) in [5, 5.41) is 19.6. The zero-order chi connectivity index (χ0) is 36.6. The van der Waals surface area contributed by atoms with E-state index in [2.05, 4.69) is 16.0 Å². The molecule has 15 heteroatoms. The standard InChI is InChI=1S/C35H42F2N4O8S/c1-21(22-8-6-5-7-9-22)38-33(43)23-12-24(14-28(13-23)41(2)20-50(4,46)47)34(44)40-30(19-49-29-16-25(36)15-26(37)17-29)31(42)18-32(48-3)35(45)39-27-10-11-27/h5-9,12-17,21,27,30-32,42H,10-11,18-20H2,1-4H3,(H,38,43)(H,39,45)(H,40,44)/t21-,30+,31+,32-/m1/s1. The fourth-order valence-corrected chi connectivity index (χ4v) is 5.99. The Balaban J connectivity index is 1.62. The summed E-state index contributed by atoms with van der Waals surface area (Å²) in [5.41, 5.74) is 1.06. The van der Waals surface area contributed by atoms with Gasteiger partial charge in [-0.1, -0.05) is 30.3 Å². The van der Waals surface area contributed by atoms with Gasteiger partial charge in [-0.25, -0.2) is 17.2 Å². The predicted molar refractivity (Wildman–Crippen MR) is 183 cm³/mol. The molecule has 3 aromatic carbocycles. The Bertz CT molecular complexity index is 1760. The van der Waals surface area contributed by atoms with Crippen LogP contribution in [0, 0.1) is 11.6 Å². The topological polar surface area (TPSA) is 163 Å². The molecular weight excluding hydrogens is 674 g/mol. The number of methoxy groups -OCH3 is 1. The number of amides is 3. The highest BCUT2D eigenvalue weighted by molar-refractivity contribution is 7.90. The van der Waals surface area contributed by atoms with Crippen molar-refractivity contribution in [2.45, 2.75) is 56.5 Å². The molecule has 0 heterocycles. The summed E-state index contributed by atoms with van der Waals surface area (Å²) in [6.07, 6.45) is -0.132. The number of anilines is 1. The Morgan fingerprint density at radius 1 is 0.960 bits per heavy atom. The lowest BCUT2D eigenvalue weighted by atomic mass is 10.0. The van der Waals surface area contributed by atoms with Crippen LogP contribution >= 0.6 is 0 Å². The van der Waals surface area contributed by atoms with Gasteiger partial charge in [0.25, 0.3) is 11.8 Å². The van der Waals surface area contributed by atoms with Crippen molar-refractivity contribution in [3.05, 3.63) is 95.1 Å². The van der Waals surface area contributed by atoms with E-state index in [-0.39, 0.29) is 35.0 Å². The van der Waals surface area contributed by atoms with Crippen molar-refractivity contribution in [3.63, 3.8) is 0 Å². The molecule has 4 rings (SSSR count). The van der Waals surface area contributed by atoms with Gasteiger partial charge in [0.05, 0.1) is 18.2 Å². The number of aliphatic hydroxyl groups excluding tert-OH is 1. The van der Waals surface area contributed by atoms with Crippen LogP contribution in [0.1, 0.15) is 58.5 Å². The fraction of sp³-hybridized carbons (Fsp3) is 0.400. The number of sulfone groups is 1. The van der Waals surface area contributed by atoms with Crippen LogP contribution < -0.4 is 25.6 Å². The summed E-state index contributed by atoms with van der Waals surface area (Å²) < 4.78 is 62.8. The largest absolute Gasteiger partial charge is 0.491 e. The monoisotopic (exact) mass is 716 g/mol. The van der Waals surface area contributed by atoms with Crippen molar-refractivity contribution in [3.8, 4) is 5.75 Å². The van der Waals surface area contributed by atoms with Crippen molar-refractivity contribution in [1.29, 1.82) is 0 Å². The van der Waals surface area contributed by atoms with Crippen LogP contribution in [0.5, 0.6) is 5.75 Å². The minimum absolute atomic E-state index is 0.0224. The van der Waals surface area contributed by atoms with Crippen LogP contribution in [-0.4, -0.2) is 88.4 Å². The molecule has 3 amide bonds. The van der Waals surface area contributed by atoms with Gasteiger partial charge in [0, 0.05) is 67.9 Å². The normalized spacial score (nSPS) is 15.3. The first-order valence-corrected chi connectivity index (χ1v) is 18.0. The highest BCUT2D eigenvalue weighted by Crippen LogP contribution is 2.23. The molecule has 0 bridgehead atoms. The number of carbonyl (C=O) groups excluding carboxylic acids is 3. The number of nitrogens with zero attached hydrogens (tertiary/aromatic N) is 1. The SMILES string of the molecule is CO[C@H](C[C@H](O)[C@H](COc1cc(F)cc(F)c1)NC(=O)c1cc(C(=O)N[C@H](C)c2ccccc2)cc(N(C)CS(C)(=O)=O)c1)C(=O)NC1CC1. The van der Waals surface area contributed by atoms with Gasteiger partial charge in [-0.3, -0.25) is 14.4 Å². The zero-order valence-electron chi connectivity index (χ0n) is 28.2. The third-order valence-corrected chi connectivity index (χ3v) is 8.82. The van der Waals surface area contributed by atoms with Crippen LogP contribution in [0.3, 0.4) is 0 Å². The number of benzene rings is 3. The zero-order valence-corrected chi connectivity index (χ0v) is 29.0. The summed E-state index contributed by atoms with van der Waals surface area (Å²) >= 11 is 0. The molecule has 0 saturated heterocycles. The molecule has 4 atom stereocenters. The quantitative estimate of drug-likeness (QED) is 0.164. The number of rotatable bonds is 17. The number of halogens is 2. The maximum Gasteiger partial charge on any atom is 0.251 e. The molecule has 0 spiro atoms. The molecule has 270 valence electrons. The number of hydrogen-bond acceptors (Lipinski definition) is 9. The summed E-state index contributed by atoms with van der Waals surface area (Å²) in [6.45, 7) is 1.31. The lowest BCUT2D eigenvalue weighted by molar-refractivity contribution is -0.133. The molecule has 50 heavy (non-hydrogen) atoms. The van der Waals surface area contributed by atoms with Crippen molar-refractivity contribution in [2.24, 2.45) is 0 Å². The van der Waals surface area contributed by atoms with Gasteiger partial charge in [0.1, 0.15) is 36.0 Å². The van der Waals surface area contributed by atoms with E-state index in [0.717, 1.165) is 36.8 Å². The Morgan fingerprint density at radius 3 is 2.12 bits per heavy atom. The van der Waals surface area contributed by atoms with Gasteiger partial charge in [-0.15, -0.1) is 0 Å². The Hall–Kier alpha value is -4.60. The Labute approximate surface area is 290 Å². The average Bonchev–Trinajstić information content (AvgIpc) is 3.88. The second-order valence-corrected chi connectivity index (χ2v) is 14.5. The highest BCUT2D eigenvalue weighted by Gasteiger charge is 2.32. The summed E-state index contributed by atoms with van der Waals surface area (Å²) in [7, 11) is -0.723. The lowest BCUT2D eigenvalue weighted by Crippen LogP contribution is -2.50. The molecule has 1 saturated carbocycles. The van der Waals surface area contributed by atoms with Crippen molar-refractivity contribution >= 4 is 33.2 Å². The molecule has 1 aliphatic carbocycles. The molecule has 0 unspecified atom stereocenters. The number of aliphatic hydroxyl groups is 1. The maximum atomic E-state index is 13.9. The molecule has 3 aromatic rings. The average molecular weight is 717 g/mol. The minimum atomic E-state index is -3.51. The van der Waals surface area contributed by atoms with Crippen LogP contribution in [0.25, 0.3) is 0 Å². The first-order valence-electron chi connectivity index (χ1n) is 15.9. The van der Waals surface area contributed by atoms with Crippen LogP contribution in [0.4, 0.5) is 14.5 Å². The fourth-order valence-electron chi connectivity index (χ4n) is 5.14. The maximum absolute atomic E-state index is 13.9. The third kappa shape index (κ3) is 11.5. The van der Waals surface area contributed by atoms with E-state index in [0.29, 0.717) is 6.07 Å². The van der Waals surface area contributed by atoms with Gasteiger partial charge in [-0.2, -0.15) is 0 Å². The van der Waals surface area contributed by atoms with Gasteiger partial charge >= 0.3 is 0 Å². The molecule has 0 aliphatic heterocycles. The molecule has 1 fully saturated rings. The number of carbonyl (C=O) groups is 3. The second-order valence-electron chi connectivity index (χ2n) is 12.4. The van der Waals surface area contributed by atoms with Gasteiger partial charge in [0.15, 0.2) is 9.84 Å². The van der Waals surface area contributed by atoms with Gasteiger partial charge in [0.2, 0.25) is 5.91 Å². The van der Waals surface area contributed by atoms with E-state index in [1.165, 1.54) is 37.3 Å². The highest BCUT2D eigenvalue weighted by atomic mass is 32.2. The van der Waals surface area contributed by atoms with Crippen LogP contribution in [0.2, 0.25) is 0 Å². The summed E-state index contributed by atoms with van der Waals surface area (Å²) in [6, 6.07) is 14.2. The van der Waals surface area contributed by atoms with E-state index in [9.17, 15) is 36.7 Å². The van der Waals surface area contributed by atoms with Crippen LogP contribution in [0.15, 0.2) is 66.7 Å². The Kier molecular flexibility index (Phi) is 12.9. The van der Waals surface area contributed by atoms with E-state index in [1.807, 2.05) is 30.3 Å². The first-order chi connectivity index (χ1) is 23.6. The second kappa shape index (κ2) is 16.9. The van der Waals surface area contributed by atoms with Gasteiger partial charge < -0.3 is 35.4 Å². The third-order valence-electron chi connectivity index (χ3n) is 7.96. The predicted octanol–water partition coefficient (Wildman–Crippen LogP) is 3.12. The lowest BCUT2D eigenvalue weighted by Gasteiger charge is -2.27. The van der Waals surface area contributed by atoms with E-state index in [1.54, 1.807) is 6.92 Å². The minimum Gasteiger partial charge on any atom is -0.491 e. The smallest absolute Gasteiger partial charge is 0.251 e. The molecule has 12 nitrogen and oxygen atoms in total. The Morgan fingerprint density at radius 2 is 1.56 bits per heavy atom.